The lowest BCUT2D eigenvalue weighted by Gasteiger charge is -2.49. The van der Waals surface area contributed by atoms with Gasteiger partial charge in [0, 0.05) is 29.3 Å². The maximum atomic E-state index is 14.6. The van der Waals surface area contributed by atoms with E-state index in [0.29, 0.717) is 12.8 Å². The van der Waals surface area contributed by atoms with Crippen molar-refractivity contribution in [2.45, 2.75) is 107 Å². The molecule has 2 aromatic rings. The zero-order valence-electron chi connectivity index (χ0n) is 26.1. The molecule has 1 spiro atoms. The van der Waals surface area contributed by atoms with Crippen LogP contribution >= 0.6 is 22.6 Å². The third-order valence-electron chi connectivity index (χ3n) is 9.64. The summed E-state index contributed by atoms with van der Waals surface area (Å²) in [4.78, 5) is 47.5. The van der Waals surface area contributed by atoms with Gasteiger partial charge in [-0.1, -0.05) is 36.4 Å². The molecule has 11 nitrogen and oxygen atoms in total. The molecule has 12 heteroatoms. The third-order valence-corrected chi connectivity index (χ3v) is 10.4. The normalized spacial score (nSPS) is 31.2. The van der Waals surface area contributed by atoms with Crippen molar-refractivity contribution in [2.24, 2.45) is 5.41 Å². The summed E-state index contributed by atoms with van der Waals surface area (Å²) in [7, 11) is 0. The Morgan fingerprint density at radius 3 is 2.41 bits per heavy atom. The summed E-state index contributed by atoms with van der Waals surface area (Å²) in [5, 5.41) is 14.8. The van der Waals surface area contributed by atoms with Crippen molar-refractivity contribution >= 4 is 40.4 Å². The van der Waals surface area contributed by atoms with E-state index in [1.807, 2.05) is 36.4 Å². The van der Waals surface area contributed by atoms with E-state index in [2.05, 4.69) is 40.0 Å². The summed E-state index contributed by atoms with van der Waals surface area (Å²) in [6.45, 7) is 5.19. The molecule has 3 heterocycles. The number of aliphatic hydroxyl groups excluding tert-OH is 1. The van der Waals surface area contributed by atoms with Gasteiger partial charge < -0.3 is 29.4 Å². The van der Waals surface area contributed by atoms with E-state index in [9.17, 15) is 19.5 Å². The first-order valence-corrected chi connectivity index (χ1v) is 16.9. The number of hydrogen-bond acceptors (Lipinski definition) is 10. The fourth-order valence-corrected chi connectivity index (χ4v) is 8.10. The lowest BCUT2D eigenvalue weighted by atomic mass is 9.62. The van der Waals surface area contributed by atoms with Crippen molar-refractivity contribution in [1.29, 1.82) is 0 Å². The Labute approximate surface area is 281 Å². The van der Waals surface area contributed by atoms with E-state index in [1.165, 1.54) is 0 Å². The van der Waals surface area contributed by atoms with E-state index in [0.717, 1.165) is 20.3 Å². The smallest absolute Gasteiger partial charge is 0.327 e. The molecule has 4 fully saturated rings. The van der Waals surface area contributed by atoms with Crippen LogP contribution in [0.15, 0.2) is 48.5 Å². The van der Waals surface area contributed by atoms with Crippen molar-refractivity contribution < 1.29 is 43.3 Å². The van der Waals surface area contributed by atoms with Gasteiger partial charge in [-0.25, -0.2) is 0 Å². The number of carbonyl (C=O) groups is 3. The second kappa shape index (κ2) is 11.8. The van der Waals surface area contributed by atoms with Crippen molar-refractivity contribution in [1.82, 2.24) is 10.4 Å². The zero-order chi connectivity index (χ0) is 32.4. The number of amides is 1. The minimum absolute atomic E-state index is 0.00740. The second-order valence-corrected chi connectivity index (χ2v) is 15.3. The van der Waals surface area contributed by atoms with Gasteiger partial charge >= 0.3 is 11.9 Å². The number of nitrogens with one attached hydrogen (secondary N) is 1. The van der Waals surface area contributed by atoms with Crippen LogP contribution in [0.3, 0.4) is 0 Å². The molecule has 1 saturated carbocycles. The standard InChI is InChI=1S/C34H39IN2O9/c1-32(2,3)43-25(39)13-12-23(18-38)36-31(41)34-16-24-26-27(45-33(44-26)14-20-6-4-5-7-21(20)15-33)29(34)46-37(28(34)30(40)42-24)17-19-8-10-22(35)11-9-19/h4-11,23-24,26-29,38H,12-18H2,1-3H3,(H,36,41)/t23-,24+,26-,27-,28-,29+,34-/m0/s1. The topological polar surface area (TPSA) is 133 Å². The van der Waals surface area contributed by atoms with Crippen LogP contribution < -0.4 is 5.32 Å². The van der Waals surface area contributed by atoms with E-state index in [4.69, 9.17) is 23.8 Å². The lowest BCUT2D eigenvalue weighted by Crippen LogP contribution is -2.70. The van der Waals surface area contributed by atoms with Gasteiger partial charge in [0.15, 0.2) is 11.8 Å². The minimum Gasteiger partial charge on any atom is -0.460 e. The first-order valence-electron chi connectivity index (χ1n) is 15.8. The van der Waals surface area contributed by atoms with E-state index >= 15 is 0 Å². The summed E-state index contributed by atoms with van der Waals surface area (Å²) >= 11 is 2.23. The Kier molecular flexibility index (Phi) is 8.21. The van der Waals surface area contributed by atoms with Crippen LogP contribution in [0, 0.1) is 8.99 Å². The lowest BCUT2D eigenvalue weighted by molar-refractivity contribution is -0.217. The number of halogens is 1. The molecule has 246 valence electrons. The summed E-state index contributed by atoms with van der Waals surface area (Å²) in [5.74, 6) is -2.39. The number of rotatable bonds is 8. The molecule has 2 N–H and O–H groups in total. The average molecular weight is 747 g/mol. The number of hydrogen-bond donors (Lipinski definition) is 2. The van der Waals surface area contributed by atoms with Crippen molar-refractivity contribution in [3.05, 3.63) is 68.8 Å². The number of fused-ring (bicyclic) bond motifs is 5. The highest BCUT2D eigenvalue weighted by atomic mass is 127. The first-order chi connectivity index (χ1) is 21.9. The molecular weight excluding hydrogens is 707 g/mol. The van der Waals surface area contributed by atoms with Crippen LogP contribution in [0.4, 0.5) is 0 Å². The number of hydroxylamine groups is 2. The molecule has 0 radical (unpaired) electrons. The molecule has 5 aliphatic rings. The van der Waals surface area contributed by atoms with Crippen LogP contribution in [0.5, 0.6) is 0 Å². The van der Waals surface area contributed by atoms with Gasteiger partial charge in [0.25, 0.3) is 0 Å². The van der Waals surface area contributed by atoms with Crippen molar-refractivity contribution in [3.8, 4) is 0 Å². The molecular formula is C34H39IN2O9. The second-order valence-electron chi connectivity index (χ2n) is 14.0. The maximum Gasteiger partial charge on any atom is 0.327 e. The molecule has 2 aromatic carbocycles. The average Bonchev–Trinajstić information content (AvgIpc) is 3.67. The molecule has 0 aromatic heterocycles. The van der Waals surface area contributed by atoms with Gasteiger partial charge in [0.1, 0.15) is 35.4 Å². The highest BCUT2D eigenvalue weighted by Crippen LogP contribution is 2.58. The number of esters is 2. The highest BCUT2D eigenvalue weighted by Gasteiger charge is 2.76. The van der Waals surface area contributed by atoms with Crippen molar-refractivity contribution in [3.63, 3.8) is 0 Å². The first kappa shape index (κ1) is 32.0. The predicted molar refractivity (Wildman–Crippen MR) is 171 cm³/mol. The van der Waals surface area contributed by atoms with Gasteiger partial charge in [-0.15, -0.1) is 0 Å². The Bertz CT molecular complexity index is 1500. The summed E-state index contributed by atoms with van der Waals surface area (Å²) < 4.78 is 26.0. The fourth-order valence-electron chi connectivity index (χ4n) is 7.74. The molecule has 2 bridgehead atoms. The fraction of sp³-hybridized carbons (Fsp3) is 0.559. The molecule has 3 aliphatic heterocycles. The van der Waals surface area contributed by atoms with Crippen LogP contribution in [0.25, 0.3) is 0 Å². The molecule has 0 unspecified atom stereocenters. The van der Waals surface area contributed by atoms with E-state index in [-0.39, 0.29) is 25.8 Å². The zero-order valence-corrected chi connectivity index (χ0v) is 28.2. The number of carbonyl (C=O) groups excluding carboxylic acids is 3. The van der Waals surface area contributed by atoms with Crippen molar-refractivity contribution in [2.75, 3.05) is 6.61 Å². The quantitative estimate of drug-likeness (QED) is 0.307. The molecule has 1 amide bonds. The maximum absolute atomic E-state index is 14.6. The van der Waals surface area contributed by atoms with E-state index in [1.54, 1.807) is 25.8 Å². The van der Waals surface area contributed by atoms with Gasteiger partial charge in [0.2, 0.25) is 5.91 Å². The Morgan fingerprint density at radius 1 is 1.09 bits per heavy atom. The van der Waals surface area contributed by atoms with Crippen LogP contribution in [-0.2, 0) is 57.6 Å². The SMILES string of the molecule is CC(C)(C)OC(=O)CC[C@@H](CO)NC(=O)[C@@]12C[C@H]3OC(=O)[C@@H]1N(Cc1ccc(I)cc1)O[C@@H]2[C@H]1OC2(Cc4ccccc4C2)O[C@H]13. The van der Waals surface area contributed by atoms with Gasteiger partial charge in [-0.3, -0.25) is 19.2 Å². The summed E-state index contributed by atoms with van der Waals surface area (Å²) in [6, 6.07) is 14.1. The number of nitrogens with zero attached hydrogens (tertiary/aromatic N) is 1. The number of ether oxygens (including phenoxy) is 4. The van der Waals surface area contributed by atoms with E-state index < -0.39 is 77.8 Å². The molecule has 7 atom stereocenters. The molecule has 3 saturated heterocycles. The summed E-state index contributed by atoms with van der Waals surface area (Å²) in [5.41, 5.74) is 1.13. The van der Waals surface area contributed by atoms with Crippen LogP contribution in [-0.4, -0.2) is 82.5 Å². The highest BCUT2D eigenvalue weighted by molar-refractivity contribution is 14.1. The monoisotopic (exact) mass is 746 g/mol. The summed E-state index contributed by atoms with van der Waals surface area (Å²) in [6.07, 6.45) is -1.48. The Morgan fingerprint density at radius 2 is 1.76 bits per heavy atom. The third kappa shape index (κ3) is 5.64. The minimum atomic E-state index is -1.38. The molecule has 7 rings (SSSR count). The largest absolute Gasteiger partial charge is 0.460 e. The van der Waals surface area contributed by atoms with Gasteiger partial charge in [-0.2, -0.15) is 5.06 Å². The molecule has 46 heavy (non-hydrogen) atoms. The van der Waals surface area contributed by atoms with Crippen LogP contribution in [0.1, 0.15) is 56.7 Å². The van der Waals surface area contributed by atoms with Crippen LogP contribution in [0.2, 0.25) is 0 Å². The Hall–Kier alpha value is -2.62. The van der Waals surface area contributed by atoms with Gasteiger partial charge in [0.05, 0.1) is 19.2 Å². The number of benzene rings is 2. The Balaban J connectivity index is 1.19. The van der Waals surface area contributed by atoms with Gasteiger partial charge in [-0.05, 0) is 78.6 Å². The number of aliphatic hydroxyl groups is 1. The predicted octanol–water partition coefficient (Wildman–Crippen LogP) is 2.97. The molecule has 2 aliphatic carbocycles.